The quantitative estimate of drug-likeness (QED) is 0.311. The third-order valence-corrected chi connectivity index (χ3v) is 8.35. The van der Waals surface area contributed by atoms with Crippen LogP contribution in [0.2, 0.25) is 5.02 Å². The van der Waals surface area contributed by atoms with Gasteiger partial charge in [-0.3, -0.25) is 13.9 Å². The van der Waals surface area contributed by atoms with Gasteiger partial charge in [-0.15, -0.1) is 0 Å². The molecule has 3 aromatic carbocycles. The Bertz CT molecular complexity index is 1470. The fourth-order valence-corrected chi connectivity index (χ4v) is 6.07. The van der Waals surface area contributed by atoms with Crippen LogP contribution >= 0.6 is 11.6 Å². The maximum Gasteiger partial charge on any atom is 0.264 e. The second kappa shape index (κ2) is 13.4. The second-order valence-electron chi connectivity index (χ2n) is 10.8. The number of anilines is 1. The first-order valence-corrected chi connectivity index (χ1v) is 15.2. The van der Waals surface area contributed by atoms with Crippen molar-refractivity contribution in [3.63, 3.8) is 0 Å². The number of carbonyl (C=O) groups excluding carboxylic acids is 2. The molecule has 1 N–H and O–H groups in total. The number of nitrogens with zero attached hydrogens (tertiary/aromatic N) is 2. The molecule has 0 saturated carbocycles. The van der Waals surface area contributed by atoms with E-state index in [2.05, 4.69) is 5.32 Å². The molecule has 0 fully saturated rings. The highest BCUT2D eigenvalue weighted by Crippen LogP contribution is 2.35. The Balaban J connectivity index is 2.13. The number of halogens is 1. The normalized spacial score (nSPS) is 12.4. The van der Waals surface area contributed by atoms with Crippen LogP contribution in [-0.4, -0.2) is 50.4 Å². The van der Waals surface area contributed by atoms with E-state index in [0.717, 1.165) is 15.4 Å². The molecule has 0 aliphatic rings. The molecular weight excluding hydrogens is 562 g/mol. The number of ether oxygens (including phenoxy) is 1. The van der Waals surface area contributed by atoms with Gasteiger partial charge in [0.25, 0.3) is 10.0 Å². The third kappa shape index (κ3) is 8.24. The summed E-state index contributed by atoms with van der Waals surface area (Å²) in [5, 5.41) is 3.24. The van der Waals surface area contributed by atoms with Gasteiger partial charge in [-0.1, -0.05) is 66.6 Å². The molecule has 0 aliphatic carbocycles. The van der Waals surface area contributed by atoms with Crippen LogP contribution in [0.3, 0.4) is 0 Å². The van der Waals surface area contributed by atoms with Crippen LogP contribution in [0.15, 0.2) is 77.7 Å². The van der Waals surface area contributed by atoms with E-state index in [4.69, 9.17) is 16.3 Å². The predicted octanol–water partition coefficient (Wildman–Crippen LogP) is 5.57. The molecule has 8 nitrogen and oxygen atoms in total. The van der Waals surface area contributed by atoms with Crippen LogP contribution in [0.4, 0.5) is 5.69 Å². The van der Waals surface area contributed by atoms with Crippen molar-refractivity contribution in [3.05, 3.63) is 88.9 Å². The van der Waals surface area contributed by atoms with Crippen molar-refractivity contribution in [2.24, 2.45) is 0 Å². The lowest BCUT2D eigenvalue weighted by Gasteiger charge is -2.35. The minimum atomic E-state index is -4.25. The monoisotopic (exact) mass is 599 g/mol. The summed E-state index contributed by atoms with van der Waals surface area (Å²) in [7, 11) is -2.83. The Morgan fingerprint density at radius 3 is 2.27 bits per heavy atom. The number of methoxy groups -OCH3 is 1. The predicted molar refractivity (Wildman–Crippen MR) is 163 cm³/mol. The van der Waals surface area contributed by atoms with E-state index in [1.54, 1.807) is 30.3 Å². The SMILES string of the molecule is CCC(C(=O)NC(C)(C)C)N(Cc1cccc(C)c1)C(=O)CN(c1cc(Cl)ccc1OC)S(=O)(=O)c1ccccc1. The summed E-state index contributed by atoms with van der Waals surface area (Å²) in [6, 6.07) is 19.2. The summed E-state index contributed by atoms with van der Waals surface area (Å²) in [4.78, 5) is 29.1. The first-order chi connectivity index (χ1) is 19.3. The zero-order chi connectivity index (χ0) is 30.4. The lowest BCUT2D eigenvalue weighted by Crippen LogP contribution is -2.55. The smallest absolute Gasteiger partial charge is 0.264 e. The van der Waals surface area contributed by atoms with Gasteiger partial charge in [0.2, 0.25) is 11.8 Å². The van der Waals surface area contributed by atoms with Gasteiger partial charge in [-0.2, -0.15) is 0 Å². The van der Waals surface area contributed by atoms with Gasteiger partial charge in [-0.05, 0) is 70.0 Å². The molecule has 0 saturated heterocycles. The van der Waals surface area contributed by atoms with Crippen LogP contribution in [0.5, 0.6) is 5.75 Å². The van der Waals surface area contributed by atoms with E-state index in [-0.39, 0.29) is 33.8 Å². The highest BCUT2D eigenvalue weighted by molar-refractivity contribution is 7.92. The lowest BCUT2D eigenvalue weighted by molar-refractivity contribution is -0.141. The zero-order valence-electron chi connectivity index (χ0n) is 24.3. The minimum Gasteiger partial charge on any atom is -0.495 e. The van der Waals surface area contributed by atoms with Gasteiger partial charge in [0, 0.05) is 17.1 Å². The Labute approximate surface area is 248 Å². The topological polar surface area (TPSA) is 96.0 Å². The average Bonchev–Trinajstić information content (AvgIpc) is 2.91. The number of hydrogen-bond acceptors (Lipinski definition) is 5. The van der Waals surface area contributed by atoms with E-state index in [9.17, 15) is 18.0 Å². The van der Waals surface area contributed by atoms with E-state index < -0.39 is 34.1 Å². The standard InChI is InChI=1S/C31H38ClN3O5S/c1-7-26(30(37)33-31(3,4)5)34(20-23-13-11-12-22(2)18-23)29(36)21-35(27-19-24(32)16-17-28(27)40-6)41(38,39)25-14-9-8-10-15-25/h8-19,26H,7,20-21H2,1-6H3,(H,33,37). The molecule has 0 spiro atoms. The molecule has 2 amide bonds. The highest BCUT2D eigenvalue weighted by atomic mass is 35.5. The molecular formula is C31H38ClN3O5S. The molecule has 0 aromatic heterocycles. The molecule has 10 heteroatoms. The van der Waals surface area contributed by atoms with Crippen LogP contribution in [-0.2, 0) is 26.2 Å². The number of hydrogen-bond donors (Lipinski definition) is 1. The molecule has 0 bridgehead atoms. The van der Waals surface area contributed by atoms with Gasteiger partial charge in [0.1, 0.15) is 18.3 Å². The molecule has 1 atom stereocenters. The Hall–Kier alpha value is -3.56. The maximum absolute atomic E-state index is 14.2. The van der Waals surface area contributed by atoms with Crippen molar-refractivity contribution in [1.82, 2.24) is 10.2 Å². The molecule has 0 aliphatic heterocycles. The van der Waals surface area contributed by atoms with E-state index in [1.165, 1.54) is 30.2 Å². The number of benzene rings is 3. The van der Waals surface area contributed by atoms with Gasteiger partial charge in [-0.25, -0.2) is 8.42 Å². The lowest BCUT2D eigenvalue weighted by atomic mass is 10.0. The van der Waals surface area contributed by atoms with Crippen molar-refractivity contribution in [1.29, 1.82) is 0 Å². The van der Waals surface area contributed by atoms with Gasteiger partial charge in [0.05, 0.1) is 17.7 Å². The van der Waals surface area contributed by atoms with Crippen LogP contribution < -0.4 is 14.4 Å². The fourth-order valence-electron chi connectivity index (χ4n) is 4.47. The van der Waals surface area contributed by atoms with E-state index in [1.807, 2.05) is 58.9 Å². The number of amides is 2. The van der Waals surface area contributed by atoms with Crippen molar-refractivity contribution in [2.75, 3.05) is 18.0 Å². The number of rotatable bonds is 11. The summed E-state index contributed by atoms with van der Waals surface area (Å²) in [6.07, 6.45) is 0.325. The largest absolute Gasteiger partial charge is 0.495 e. The summed E-state index contributed by atoms with van der Waals surface area (Å²) in [6.45, 7) is 8.89. The highest BCUT2D eigenvalue weighted by Gasteiger charge is 2.35. The fraction of sp³-hybridized carbons (Fsp3) is 0.355. The Morgan fingerprint density at radius 2 is 1.68 bits per heavy atom. The molecule has 1 unspecified atom stereocenters. The number of carbonyl (C=O) groups is 2. The average molecular weight is 600 g/mol. The van der Waals surface area contributed by atoms with Gasteiger partial charge < -0.3 is 15.0 Å². The summed E-state index contributed by atoms with van der Waals surface area (Å²) < 4.78 is 34.5. The first kappa shape index (κ1) is 32.0. The maximum atomic E-state index is 14.2. The van der Waals surface area contributed by atoms with Crippen LogP contribution in [0.25, 0.3) is 0 Å². The van der Waals surface area contributed by atoms with Gasteiger partial charge in [0.15, 0.2) is 0 Å². The van der Waals surface area contributed by atoms with Crippen molar-refractivity contribution >= 4 is 39.1 Å². The summed E-state index contributed by atoms with van der Waals surface area (Å²) >= 11 is 6.29. The molecule has 220 valence electrons. The minimum absolute atomic E-state index is 0.00224. The van der Waals surface area contributed by atoms with Crippen molar-refractivity contribution in [3.8, 4) is 5.75 Å². The summed E-state index contributed by atoms with van der Waals surface area (Å²) in [5.74, 6) is -0.646. The molecule has 3 rings (SSSR count). The molecule has 41 heavy (non-hydrogen) atoms. The molecule has 0 radical (unpaired) electrons. The number of sulfonamides is 1. The van der Waals surface area contributed by atoms with Gasteiger partial charge >= 0.3 is 0 Å². The van der Waals surface area contributed by atoms with Crippen LogP contribution in [0, 0.1) is 6.92 Å². The second-order valence-corrected chi connectivity index (χ2v) is 13.1. The first-order valence-electron chi connectivity index (χ1n) is 13.3. The van der Waals surface area contributed by atoms with E-state index in [0.29, 0.717) is 6.42 Å². The van der Waals surface area contributed by atoms with Crippen LogP contribution in [0.1, 0.15) is 45.2 Å². The Kier molecular flexibility index (Phi) is 10.4. The zero-order valence-corrected chi connectivity index (χ0v) is 25.9. The number of aryl methyl sites for hydroxylation is 1. The molecule has 3 aromatic rings. The third-order valence-electron chi connectivity index (χ3n) is 6.34. The van der Waals surface area contributed by atoms with Crippen molar-refractivity contribution < 1.29 is 22.7 Å². The number of nitrogens with one attached hydrogen (secondary N) is 1. The van der Waals surface area contributed by atoms with Crippen molar-refractivity contribution in [2.45, 2.75) is 64.1 Å². The summed E-state index contributed by atoms with van der Waals surface area (Å²) in [5.41, 5.74) is 1.40. The molecule has 0 heterocycles. The Morgan fingerprint density at radius 1 is 1.00 bits per heavy atom. The van der Waals surface area contributed by atoms with E-state index >= 15 is 0 Å².